The molecule has 0 bridgehead atoms. The van der Waals surface area contributed by atoms with Gasteiger partial charge in [-0.3, -0.25) is 24.1 Å². The van der Waals surface area contributed by atoms with Crippen molar-refractivity contribution in [3.8, 4) is 0 Å². The van der Waals surface area contributed by atoms with Gasteiger partial charge in [0.25, 0.3) is 5.91 Å². The number of hydrogen-bond acceptors (Lipinski definition) is 5. The number of benzene rings is 1. The highest BCUT2D eigenvalue weighted by molar-refractivity contribution is 6.07. The number of esters is 1. The second kappa shape index (κ2) is 7.51. The largest absolute Gasteiger partial charge is 0.451 e. The smallest absolute Gasteiger partial charge is 0.326 e. The molecule has 1 aromatic rings. The molecule has 7 heteroatoms. The van der Waals surface area contributed by atoms with Crippen LogP contribution in [0.4, 0.5) is 5.69 Å². The summed E-state index contributed by atoms with van der Waals surface area (Å²) in [6.45, 7) is 0.973. The Bertz CT molecular complexity index is 732. The van der Waals surface area contributed by atoms with Gasteiger partial charge in [0.15, 0.2) is 6.10 Å². The molecule has 0 unspecified atom stereocenters. The summed E-state index contributed by atoms with van der Waals surface area (Å²) in [4.78, 5) is 49.8. The molecule has 136 valence electrons. The van der Waals surface area contributed by atoms with Crippen molar-refractivity contribution in [2.45, 2.75) is 25.9 Å². The molecule has 3 rings (SSSR count). The fraction of sp³-hybridized carbons (Fsp3) is 0.368. The molecule has 1 aliphatic heterocycles. The molecule has 1 aromatic carbocycles. The first-order valence-corrected chi connectivity index (χ1v) is 8.53. The number of para-hydroxylation sites is 1. The van der Waals surface area contributed by atoms with Crippen LogP contribution in [0.15, 0.2) is 42.5 Å². The van der Waals surface area contributed by atoms with Gasteiger partial charge in [0.05, 0.1) is 11.8 Å². The first kappa shape index (κ1) is 17.8. The van der Waals surface area contributed by atoms with Crippen LogP contribution in [-0.2, 0) is 23.9 Å². The Hall–Kier alpha value is -2.96. The molecule has 7 nitrogen and oxygen atoms in total. The molecule has 1 heterocycles. The maximum Gasteiger partial charge on any atom is 0.326 e. The predicted molar refractivity (Wildman–Crippen MR) is 92.7 cm³/mol. The second-order valence-electron chi connectivity index (χ2n) is 6.41. The number of allylic oxidation sites excluding steroid dienone is 2. The summed E-state index contributed by atoms with van der Waals surface area (Å²) in [6, 6.07) is 8.78. The van der Waals surface area contributed by atoms with Gasteiger partial charge >= 0.3 is 5.97 Å². The molecule has 26 heavy (non-hydrogen) atoms. The number of carbonyl (C=O) groups excluding carboxylic acids is 4. The van der Waals surface area contributed by atoms with Crippen molar-refractivity contribution >= 4 is 29.4 Å². The van der Waals surface area contributed by atoms with Gasteiger partial charge in [-0.05, 0) is 31.9 Å². The van der Waals surface area contributed by atoms with Crippen LogP contribution in [0, 0.1) is 11.8 Å². The number of imide groups is 1. The number of likely N-dealkylation sites (tertiary alicyclic amines) is 1. The normalized spacial score (nSPS) is 22.7. The van der Waals surface area contributed by atoms with E-state index in [4.69, 9.17) is 4.74 Å². The van der Waals surface area contributed by atoms with E-state index >= 15 is 0 Å². The highest BCUT2D eigenvalue weighted by Gasteiger charge is 2.47. The number of nitrogens with one attached hydrogen (secondary N) is 1. The molecular weight excluding hydrogens is 336 g/mol. The van der Waals surface area contributed by atoms with E-state index in [2.05, 4.69) is 5.32 Å². The Morgan fingerprint density at radius 3 is 2.27 bits per heavy atom. The average Bonchev–Trinajstić information content (AvgIpc) is 2.88. The summed E-state index contributed by atoms with van der Waals surface area (Å²) in [5.41, 5.74) is 0.585. The summed E-state index contributed by atoms with van der Waals surface area (Å²) in [5.74, 6) is -2.74. The van der Waals surface area contributed by atoms with Gasteiger partial charge in [-0.1, -0.05) is 30.4 Å². The molecule has 2 aliphatic rings. The molecule has 1 aliphatic carbocycles. The number of fused-ring (bicyclic) bond motifs is 1. The molecule has 0 spiro atoms. The van der Waals surface area contributed by atoms with Crippen LogP contribution < -0.4 is 5.32 Å². The standard InChI is InChI=1S/C19H20N2O5/c1-12(17(23)20-13-7-3-2-4-8-13)26-16(22)11-21-18(24)14-9-5-6-10-15(14)19(21)25/h2-8,12,14-15H,9-11H2,1H3,(H,20,23)/t12-,14+,15+/m1/s1. The van der Waals surface area contributed by atoms with Gasteiger partial charge in [-0.25, -0.2) is 0 Å². The summed E-state index contributed by atoms with van der Waals surface area (Å²) in [5, 5.41) is 2.63. The first-order valence-electron chi connectivity index (χ1n) is 8.53. The van der Waals surface area contributed by atoms with Crippen LogP contribution in [0.25, 0.3) is 0 Å². The topological polar surface area (TPSA) is 92.8 Å². The van der Waals surface area contributed by atoms with E-state index in [1.807, 2.05) is 18.2 Å². The van der Waals surface area contributed by atoms with E-state index in [1.165, 1.54) is 6.92 Å². The van der Waals surface area contributed by atoms with E-state index < -0.39 is 24.5 Å². The van der Waals surface area contributed by atoms with Crippen molar-refractivity contribution in [1.29, 1.82) is 0 Å². The number of ether oxygens (including phenoxy) is 1. The Kier molecular flexibility index (Phi) is 5.16. The number of rotatable bonds is 5. The van der Waals surface area contributed by atoms with Crippen molar-refractivity contribution in [2.75, 3.05) is 11.9 Å². The summed E-state index contributed by atoms with van der Waals surface area (Å²) in [7, 11) is 0. The van der Waals surface area contributed by atoms with E-state index in [0.29, 0.717) is 18.5 Å². The highest BCUT2D eigenvalue weighted by atomic mass is 16.5. The molecule has 3 atom stereocenters. The van der Waals surface area contributed by atoms with E-state index in [1.54, 1.807) is 24.3 Å². The van der Waals surface area contributed by atoms with Gasteiger partial charge in [-0.15, -0.1) is 0 Å². The number of hydrogen-bond donors (Lipinski definition) is 1. The number of nitrogens with zero attached hydrogens (tertiary/aromatic N) is 1. The lowest BCUT2D eigenvalue weighted by molar-refractivity contribution is -0.158. The van der Waals surface area contributed by atoms with Crippen LogP contribution >= 0.6 is 0 Å². The Balaban J connectivity index is 1.54. The zero-order valence-electron chi connectivity index (χ0n) is 14.4. The van der Waals surface area contributed by atoms with Gasteiger partial charge < -0.3 is 10.1 Å². The fourth-order valence-electron chi connectivity index (χ4n) is 3.21. The number of amides is 3. The van der Waals surface area contributed by atoms with Crippen LogP contribution in [0.1, 0.15) is 19.8 Å². The molecule has 1 N–H and O–H groups in total. The van der Waals surface area contributed by atoms with Crippen LogP contribution in [0.3, 0.4) is 0 Å². The molecule has 1 fully saturated rings. The average molecular weight is 356 g/mol. The van der Waals surface area contributed by atoms with Gasteiger partial charge in [0, 0.05) is 5.69 Å². The second-order valence-corrected chi connectivity index (χ2v) is 6.41. The molecule has 0 radical (unpaired) electrons. The molecular formula is C19H20N2O5. The monoisotopic (exact) mass is 356 g/mol. The Labute approximate surface area is 151 Å². The van der Waals surface area contributed by atoms with Crippen molar-refractivity contribution < 1.29 is 23.9 Å². The van der Waals surface area contributed by atoms with Crippen molar-refractivity contribution in [1.82, 2.24) is 4.90 Å². The number of anilines is 1. The minimum absolute atomic E-state index is 0.345. The third-order valence-corrected chi connectivity index (χ3v) is 4.60. The van der Waals surface area contributed by atoms with Gasteiger partial charge in [0.1, 0.15) is 6.54 Å². The van der Waals surface area contributed by atoms with Crippen molar-refractivity contribution in [2.24, 2.45) is 11.8 Å². The van der Waals surface area contributed by atoms with Gasteiger partial charge in [0.2, 0.25) is 11.8 Å². The first-order chi connectivity index (χ1) is 12.5. The zero-order valence-corrected chi connectivity index (χ0v) is 14.4. The van der Waals surface area contributed by atoms with Gasteiger partial charge in [-0.2, -0.15) is 0 Å². The number of carbonyl (C=O) groups is 4. The lowest BCUT2D eigenvalue weighted by Gasteiger charge is -2.17. The molecule has 1 saturated heterocycles. The molecule has 3 amide bonds. The van der Waals surface area contributed by atoms with E-state index in [9.17, 15) is 19.2 Å². The van der Waals surface area contributed by atoms with Crippen molar-refractivity contribution in [3.63, 3.8) is 0 Å². The maximum atomic E-state index is 12.3. The quantitative estimate of drug-likeness (QED) is 0.490. The highest BCUT2D eigenvalue weighted by Crippen LogP contribution is 2.34. The third kappa shape index (κ3) is 3.66. The van der Waals surface area contributed by atoms with Crippen LogP contribution in [0.5, 0.6) is 0 Å². The summed E-state index contributed by atoms with van der Waals surface area (Å²) < 4.78 is 5.08. The predicted octanol–water partition coefficient (Wildman–Crippen LogP) is 1.51. The zero-order chi connectivity index (χ0) is 18.7. The van der Waals surface area contributed by atoms with Crippen LogP contribution in [-0.4, -0.2) is 41.2 Å². The Morgan fingerprint density at radius 2 is 1.69 bits per heavy atom. The van der Waals surface area contributed by atoms with Crippen molar-refractivity contribution in [3.05, 3.63) is 42.5 Å². The SMILES string of the molecule is C[C@@H](OC(=O)CN1C(=O)[C@H]2CC=CC[C@@H]2C1=O)C(=O)Nc1ccccc1. The lowest BCUT2D eigenvalue weighted by Crippen LogP contribution is -2.39. The Morgan fingerprint density at radius 1 is 1.12 bits per heavy atom. The summed E-state index contributed by atoms with van der Waals surface area (Å²) >= 11 is 0. The summed E-state index contributed by atoms with van der Waals surface area (Å²) in [6.07, 6.45) is 3.74. The fourth-order valence-corrected chi connectivity index (χ4v) is 3.21. The van der Waals surface area contributed by atoms with E-state index in [-0.39, 0.29) is 23.7 Å². The minimum Gasteiger partial charge on any atom is -0.451 e. The molecule has 0 aromatic heterocycles. The minimum atomic E-state index is -1.04. The van der Waals surface area contributed by atoms with E-state index in [0.717, 1.165) is 4.90 Å². The maximum absolute atomic E-state index is 12.3. The lowest BCUT2D eigenvalue weighted by atomic mass is 9.85. The third-order valence-electron chi connectivity index (χ3n) is 4.60. The molecule has 0 saturated carbocycles. The van der Waals surface area contributed by atoms with Crippen LogP contribution in [0.2, 0.25) is 0 Å².